The van der Waals surface area contributed by atoms with Gasteiger partial charge in [0, 0.05) is 8.41 Å². The average molecular weight is 176 g/mol. The zero-order valence-corrected chi connectivity index (χ0v) is 8.88. The number of rotatable bonds is 0. The van der Waals surface area contributed by atoms with E-state index in [0.717, 1.165) is 11.8 Å². The van der Waals surface area contributed by atoms with Crippen molar-refractivity contribution in [2.24, 2.45) is 11.8 Å². The smallest absolute Gasteiger partial charge is 0.00228 e. The molecule has 1 heteroatoms. The lowest BCUT2D eigenvalue weighted by Gasteiger charge is -2.12. The lowest BCUT2D eigenvalue weighted by atomic mass is 9.92. The fourth-order valence-electron chi connectivity index (χ4n) is 2.20. The van der Waals surface area contributed by atoms with Crippen molar-refractivity contribution in [3.8, 4) is 0 Å². The van der Waals surface area contributed by atoms with Crippen LogP contribution in [-0.2, 0) is 0 Å². The molecular weight excluding hydrogens is 160 g/mol. The van der Waals surface area contributed by atoms with Crippen molar-refractivity contribution in [1.29, 1.82) is 0 Å². The molecule has 0 saturated heterocycles. The lowest BCUT2D eigenvalue weighted by Crippen LogP contribution is -2.04. The van der Waals surface area contributed by atoms with Gasteiger partial charge >= 0.3 is 0 Å². The van der Waals surface area contributed by atoms with Gasteiger partial charge in [-0.25, -0.2) is 0 Å². The molecule has 2 atom stereocenters. The van der Waals surface area contributed by atoms with E-state index in [0.29, 0.717) is 0 Å². The largest absolute Gasteiger partial charge is 0.0886 e. The van der Waals surface area contributed by atoms with Crippen molar-refractivity contribution in [1.82, 2.24) is 0 Å². The fraction of sp³-hybridized carbons (Fsp3) is 0.545. The van der Waals surface area contributed by atoms with E-state index in [1.165, 1.54) is 12.8 Å². The van der Waals surface area contributed by atoms with Crippen LogP contribution in [0.5, 0.6) is 0 Å². The Labute approximate surface area is 76.2 Å². The maximum Gasteiger partial charge on any atom is 0.00228 e. The molecule has 0 aromatic heterocycles. The van der Waals surface area contributed by atoms with E-state index < -0.39 is 0 Å². The van der Waals surface area contributed by atoms with Gasteiger partial charge in [0.2, 0.25) is 0 Å². The summed E-state index contributed by atoms with van der Waals surface area (Å²) in [7, 11) is -0.120. The maximum absolute atomic E-state index is 2.42. The summed E-state index contributed by atoms with van der Waals surface area (Å²) in [4.78, 5) is 0. The summed E-state index contributed by atoms with van der Waals surface area (Å²) in [5, 5.41) is 1.87. The van der Waals surface area contributed by atoms with Crippen LogP contribution in [0.4, 0.5) is 0 Å². The first-order valence-electron chi connectivity index (χ1n) is 4.77. The van der Waals surface area contributed by atoms with Crippen LogP contribution in [0.25, 0.3) is 0 Å². The third-order valence-electron chi connectivity index (χ3n) is 3.05. The Bertz CT molecular complexity index is 245. The summed E-state index contributed by atoms with van der Waals surface area (Å²) in [5.74, 6) is 1.70. The van der Waals surface area contributed by atoms with E-state index in [4.69, 9.17) is 0 Å². The van der Waals surface area contributed by atoms with E-state index >= 15 is 0 Å². The highest BCUT2D eigenvalue weighted by atomic mass is 28.2. The summed E-state index contributed by atoms with van der Waals surface area (Å²) >= 11 is 0. The molecule has 0 nitrogen and oxygen atoms in total. The third-order valence-corrected chi connectivity index (χ3v) is 4.87. The van der Waals surface area contributed by atoms with E-state index in [1.807, 2.05) is 5.17 Å². The minimum Gasteiger partial charge on any atom is -0.0886 e. The van der Waals surface area contributed by atoms with Crippen LogP contribution >= 0.6 is 0 Å². The summed E-state index contributed by atoms with van der Waals surface area (Å²) in [6.45, 7) is 4.84. The molecule has 0 aromatic rings. The number of allylic oxidation sites excluding steroid dienone is 4. The van der Waals surface area contributed by atoms with Crippen molar-refractivity contribution in [2.45, 2.75) is 25.9 Å². The van der Waals surface area contributed by atoms with E-state index in [-0.39, 0.29) is 8.41 Å². The van der Waals surface area contributed by atoms with Crippen LogP contribution < -0.4 is 0 Å². The van der Waals surface area contributed by atoms with Gasteiger partial charge in [0.1, 0.15) is 0 Å². The van der Waals surface area contributed by atoms with Gasteiger partial charge in [-0.3, -0.25) is 0 Å². The van der Waals surface area contributed by atoms with Gasteiger partial charge in [-0.05, 0) is 24.7 Å². The Hall–Kier alpha value is -0.433. The second-order valence-electron chi connectivity index (χ2n) is 4.11. The molecular formula is C11H16Si. The lowest BCUT2D eigenvalue weighted by molar-refractivity contribution is 0.552. The van der Waals surface area contributed by atoms with Crippen LogP contribution in [0, 0.1) is 11.8 Å². The van der Waals surface area contributed by atoms with Gasteiger partial charge in [-0.15, -0.1) is 0 Å². The average Bonchev–Trinajstić information content (AvgIpc) is 2.46. The van der Waals surface area contributed by atoms with Crippen LogP contribution in [0.3, 0.4) is 0 Å². The second kappa shape index (κ2) is 3.13. The molecule has 0 heterocycles. The molecule has 0 bridgehead atoms. The molecule has 2 rings (SSSR count). The van der Waals surface area contributed by atoms with Crippen LogP contribution in [0.2, 0.25) is 13.1 Å². The predicted molar refractivity (Wildman–Crippen MR) is 57.0 cm³/mol. The molecule has 1 saturated carbocycles. The maximum atomic E-state index is 2.42. The highest BCUT2D eigenvalue weighted by Crippen LogP contribution is 2.33. The summed E-state index contributed by atoms with van der Waals surface area (Å²) in [6.07, 6.45) is 12.0. The first-order valence-corrected chi connectivity index (χ1v) is 7.27. The molecule has 0 aromatic carbocycles. The number of hydrogen-bond donors (Lipinski definition) is 0. The Kier molecular flexibility index (Phi) is 2.14. The SMILES string of the molecule is C[Si](C)=C1CC2C=CC=CC2C1. The van der Waals surface area contributed by atoms with Crippen molar-refractivity contribution >= 4 is 13.6 Å². The predicted octanol–water partition coefficient (Wildman–Crippen LogP) is 2.65. The topological polar surface area (TPSA) is 0 Å². The normalized spacial score (nSPS) is 32.3. The zero-order valence-electron chi connectivity index (χ0n) is 7.88. The van der Waals surface area contributed by atoms with E-state index in [2.05, 4.69) is 37.4 Å². The highest BCUT2D eigenvalue weighted by Gasteiger charge is 2.27. The Morgan fingerprint density at radius 3 is 2.00 bits per heavy atom. The Morgan fingerprint density at radius 1 is 1.08 bits per heavy atom. The summed E-state index contributed by atoms with van der Waals surface area (Å²) in [5.41, 5.74) is 0. The van der Waals surface area contributed by atoms with Gasteiger partial charge in [0.15, 0.2) is 0 Å². The van der Waals surface area contributed by atoms with E-state index in [9.17, 15) is 0 Å². The van der Waals surface area contributed by atoms with E-state index in [1.54, 1.807) is 0 Å². The Morgan fingerprint density at radius 2 is 1.58 bits per heavy atom. The minimum absolute atomic E-state index is 0.120. The van der Waals surface area contributed by atoms with Crippen LogP contribution in [0.1, 0.15) is 12.8 Å². The van der Waals surface area contributed by atoms with Gasteiger partial charge in [0.05, 0.1) is 0 Å². The molecule has 0 N–H and O–H groups in total. The molecule has 64 valence electrons. The van der Waals surface area contributed by atoms with Crippen LogP contribution in [-0.4, -0.2) is 13.6 Å². The first kappa shape index (κ1) is 8.18. The highest BCUT2D eigenvalue weighted by molar-refractivity contribution is 6.69. The molecule has 2 aliphatic rings. The number of hydrogen-bond acceptors (Lipinski definition) is 0. The fourth-order valence-corrected chi connectivity index (χ4v) is 3.49. The molecule has 0 aliphatic heterocycles. The van der Waals surface area contributed by atoms with Crippen LogP contribution in [0.15, 0.2) is 24.3 Å². The second-order valence-corrected chi connectivity index (χ2v) is 6.82. The number of fused-ring (bicyclic) bond motifs is 1. The molecule has 0 radical (unpaired) electrons. The van der Waals surface area contributed by atoms with Gasteiger partial charge in [0.25, 0.3) is 0 Å². The first-order chi connectivity index (χ1) is 5.77. The van der Waals surface area contributed by atoms with Gasteiger partial charge in [-0.1, -0.05) is 42.6 Å². The third kappa shape index (κ3) is 1.38. The quantitative estimate of drug-likeness (QED) is 0.498. The van der Waals surface area contributed by atoms with Gasteiger partial charge < -0.3 is 0 Å². The van der Waals surface area contributed by atoms with Crippen molar-refractivity contribution in [2.75, 3.05) is 0 Å². The standard InChI is InChI=1S/C11H16Si/c1-12(2)11-7-9-5-3-4-6-10(9)8-11/h3-6,9-10H,7-8H2,1-2H3. The molecule has 2 aliphatic carbocycles. The van der Waals surface area contributed by atoms with Gasteiger partial charge in [-0.2, -0.15) is 0 Å². The molecule has 2 unspecified atom stereocenters. The molecule has 0 spiro atoms. The molecule has 1 fully saturated rings. The monoisotopic (exact) mass is 176 g/mol. The summed E-state index contributed by atoms with van der Waals surface area (Å²) < 4.78 is 0. The summed E-state index contributed by atoms with van der Waals surface area (Å²) in [6, 6.07) is 0. The minimum atomic E-state index is -0.120. The van der Waals surface area contributed by atoms with Crippen molar-refractivity contribution in [3.63, 3.8) is 0 Å². The molecule has 12 heavy (non-hydrogen) atoms. The van der Waals surface area contributed by atoms with Crippen molar-refractivity contribution < 1.29 is 0 Å². The molecule has 0 amide bonds. The van der Waals surface area contributed by atoms with Crippen molar-refractivity contribution in [3.05, 3.63) is 24.3 Å². The Balaban J connectivity index is 2.21. The zero-order chi connectivity index (χ0) is 8.55.